The topological polar surface area (TPSA) is 71.9 Å². The Hall–Kier alpha value is -5.24. The fraction of sp³-hybridized carbons (Fsp3) is 0.280. The van der Waals surface area contributed by atoms with Crippen LogP contribution in [0.1, 0.15) is 55.7 Å². The van der Waals surface area contributed by atoms with Crippen LogP contribution in [0.4, 0.5) is 0 Å². The summed E-state index contributed by atoms with van der Waals surface area (Å²) >= 11 is 0. The molecule has 1 aliphatic heterocycles. The molecule has 2 aliphatic carbocycles. The highest BCUT2D eigenvalue weighted by atomic mass is 16.6. The molecule has 11 rings (SSSR count). The molecule has 0 amide bonds. The molecule has 284 valence electrons. The number of nitrogens with one attached hydrogen (secondary N) is 1. The molecule has 6 atom stereocenters. The second kappa shape index (κ2) is 16.9. The van der Waals surface area contributed by atoms with Gasteiger partial charge in [-0.2, -0.15) is 0 Å². The van der Waals surface area contributed by atoms with Crippen LogP contribution in [0.5, 0.6) is 0 Å². The van der Waals surface area contributed by atoms with Crippen molar-refractivity contribution in [1.82, 2.24) is 9.55 Å². The average Bonchev–Trinajstić information content (AvgIpc) is 3.87. The van der Waals surface area contributed by atoms with Crippen molar-refractivity contribution in [3.8, 4) is 0 Å². The van der Waals surface area contributed by atoms with Gasteiger partial charge in [0.2, 0.25) is 0 Å². The van der Waals surface area contributed by atoms with Gasteiger partial charge in [0, 0.05) is 43.6 Å². The summed E-state index contributed by atoms with van der Waals surface area (Å²) in [6.07, 6.45) is 7.17. The van der Waals surface area contributed by atoms with Gasteiger partial charge in [-0.15, -0.1) is 0 Å². The number of nitrogens with zero attached hydrogens (tertiary/aromatic N) is 1. The Morgan fingerprint density at radius 2 is 0.982 bits per heavy atom. The number of fused-ring (bicyclic) bond motifs is 7. The number of benzene rings is 6. The van der Waals surface area contributed by atoms with Crippen molar-refractivity contribution < 1.29 is 19.3 Å². The molecule has 0 bridgehead atoms. The molecule has 3 fully saturated rings. The maximum Gasteiger partial charge on any atom is 0.110 e. The molecular formula is C50H50N2O4. The zero-order valence-electron chi connectivity index (χ0n) is 31.8. The first-order valence-corrected chi connectivity index (χ1v) is 20.3. The number of rotatable bonds is 7. The minimum atomic E-state index is -0.517. The summed E-state index contributed by atoms with van der Waals surface area (Å²) in [5.41, 5.74) is 7.20. The molecule has 2 saturated carbocycles. The minimum Gasteiger partial charge on any atom is -0.388 e. The van der Waals surface area contributed by atoms with Crippen molar-refractivity contribution in [3.63, 3.8) is 0 Å². The zero-order valence-corrected chi connectivity index (χ0v) is 31.8. The fourth-order valence-electron chi connectivity index (χ4n) is 8.82. The normalized spacial score (nSPS) is 22.9. The molecule has 3 heterocycles. The maximum absolute atomic E-state index is 11.3. The molecule has 6 heteroatoms. The number of aromatic nitrogens is 2. The third-order valence-corrected chi connectivity index (χ3v) is 11.7. The van der Waals surface area contributed by atoms with E-state index >= 15 is 0 Å². The molecule has 8 aromatic rings. The maximum atomic E-state index is 11.3. The van der Waals surface area contributed by atoms with Gasteiger partial charge in [0.15, 0.2) is 0 Å². The number of hydrogen-bond acceptors (Lipinski definition) is 4. The van der Waals surface area contributed by atoms with Crippen LogP contribution in [0.2, 0.25) is 0 Å². The van der Waals surface area contributed by atoms with Crippen molar-refractivity contribution in [2.24, 2.45) is 0 Å². The summed E-state index contributed by atoms with van der Waals surface area (Å²) in [6.45, 7) is 1.26. The van der Waals surface area contributed by atoms with Crippen LogP contribution < -0.4 is 0 Å². The van der Waals surface area contributed by atoms with E-state index in [9.17, 15) is 5.11 Å². The van der Waals surface area contributed by atoms with E-state index in [0.29, 0.717) is 24.9 Å². The highest BCUT2D eigenvalue weighted by Crippen LogP contribution is 2.40. The predicted molar refractivity (Wildman–Crippen MR) is 227 cm³/mol. The second-order valence-electron chi connectivity index (χ2n) is 15.3. The van der Waals surface area contributed by atoms with Gasteiger partial charge in [-0.1, -0.05) is 133 Å². The Balaban J connectivity index is 0.000000122. The number of ether oxygens (including phenoxy) is 3. The van der Waals surface area contributed by atoms with Crippen LogP contribution in [-0.4, -0.2) is 45.2 Å². The SMILES string of the molecule is O[C@H]1[C@H](n2c3ccccc3c3ccccc32)CCC[C@H]1OCc1ccccc1.c1ccc(CO[C@@H]2CCC[C@@H]3O[C@@H]32)cc1.c1ccc2c(c1)[nH]c1ccccc12. The van der Waals surface area contributed by atoms with E-state index in [1.54, 1.807) is 0 Å². The number of H-pyrrole nitrogens is 1. The fourth-order valence-corrected chi connectivity index (χ4v) is 8.82. The van der Waals surface area contributed by atoms with E-state index in [4.69, 9.17) is 14.2 Å². The average molecular weight is 743 g/mol. The molecule has 56 heavy (non-hydrogen) atoms. The van der Waals surface area contributed by atoms with Gasteiger partial charge in [-0.3, -0.25) is 0 Å². The zero-order chi connectivity index (χ0) is 37.7. The quantitative estimate of drug-likeness (QED) is 0.160. The number of aliphatic hydroxyl groups excluding tert-OH is 1. The Labute approximate surface area is 328 Å². The molecule has 3 aliphatic rings. The molecular weight excluding hydrogens is 693 g/mol. The monoisotopic (exact) mass is 742 g/mol. The lowest BCUT2D eigenvalue weighted by molar-refractivity contribution is -0.0858. The lowest BCUT2D eigenvalue weighted by Crippen LogP contribution is -2.40. The number of aromatic amines is 1. The standard InChI is InChI=1S/C25H25NO2.C13H16O2.C12H9N/c27-25-23(15-8-16-24(25)28-17-18-9-2-1-3-10-18)26-21-13-6-4-11-19(21)20-12-5-7-14-22(20)26;1-2-5-10(6-3-1)9-14-11-7-4-8-12-13(11)15-12;1-3-7-11-9(5-1)10-6-2-4-8-12(10)13-11/h1-7,9-14,23-25,27H,8,15-17H2;1-3,5-6,11-13H,4,7-9H2;1-8,13H/t23-,24-,25+;11-,12+,13-;/m11./s1. The third-order valence-electron chi connectivity index (χ3n) is 11.7. The van der Waals surface area contributed by atoms with Crippen LogP contribution in [0, 0.1) is 0 Å². The minimum absolute atomic E-state index is 0.0272. The van der Waals surface area contributed by atoms with Crippen LogP contribution >= 0.6 is 0 Å². The molecule has 6 aromatic carbocycles. The van der Waals surface area contributed by atoms with Crippen LogP contribution in [0.15, 0.2) is 158 Å². The van der Waals surface area contributed by atoms with Crippen molar-refractivity contribution in [2.75, 3.05) is 0 Å². The molecule has 0 spiro atoms. The Kier molecular flexibility index (Phi) is 11.0. The van der Waals surface area contributed by atoms with Crippen LogP contribution in [0.25, 0.3) is 43.6 Å². The first kappa shape index (κ1) is 36.4. The van der Waals surface area contributed by atoms with Crippen molar-refractivity contribution in [1.29, 1.82) is 0 Å². The van der Waals surface area contributed by atoms with Crippen LogP contribution in [0.3, 0.4) is 0 Å². The van der Waals surface area contributed by atoms with Gasteiger partial charge < -0.3 is 28.9 Å². The van der Waals surface area contributed by atoms with Gasteiger partial charge in [0.05, 0.1) is 37.6 Å². The number of para-hydroxylation sites is 4. The summed E-state index contributed by atoms with van der Waals surface area (Å²) in [4.78, 5) is 3.38. The summed E-state index contributed by atoms with van der Waals surface area (Å²) in [6, 6.07) is 54.3. The first-order valence-electron chi connectivity index (χ1n) is 20.3. The largest absolute Gasteiger partial charge is 0.388 e. The van der Waals surface area contributed by atoms with E-state index < -0.39 is 6.10 Å². The van der Waals surface area contributed by atoms with E-state index in [1.165, 1.54) is 62.0 Å². The van der Waals surface area contributed by atoms with Gasteiger partial charge in [0.1, 0.15) is 12.2 Å². The van der Waals surface area contributed by atoms with Gasteiger partial charge in [0.25, 0.3) is 0 Å². The van der Waals surface area contributed by atoms with Gasteiger partial charge in [-0.05, 0) is 73.9 Å². The number of aliphatic hydroxyl groups is 1. The smallest absolute Gasteiger partial charge is 0.110 e. The van der Waals surface area contributed by atoms with Crippen LogP contribution in [-0.2, 0) is 27.4 Å². The molecule has 0 unspecified atom stereocenters. The predicted octanol–water partition coefficient (Wildman–Crippen LogP) is 11.3. The Morgan fingerprint density at radius 3 is 1.57 bits per heavy atom. The lowest BCUT2D eigenvalue weighted by Gasteiger charge is -2.36. The summed E-state index contributed by atoms with van der Waals surface area (Å²) in [7, 11) is 0. The van der Waals surface area contributed by atoms with Crippen molar-refractivity contribution in [3.05, 3.63) is 169 Å². The highest BCUT2D eigenvalue weighted by Gasteiger charge is 2.47. The third kappa shape index (κ3) is 7.89. The van der Waals surface area contributed by atoms with E-state index in [0.717, 1.165) is 37.9 Å². The summed E-state index contributed by atoms with van der Waals surface area (Å²) in [5, 5.41) is 16.4. The van der Waals surface area contributed by atoms with Crippen molar-refractivity contribution >= 4 is 43.6 Å². The summed E-state index contributed by atoms with van der Waals surface area (Å²) < 4.78 is 20.0. The summed E-state index contributed by atoms with van der Waals surface area (Å²) in [5.74, 6) is 0. The molecule has 0 radical (unpaired) electrons. The Bertz CT molecular complexity index is 2390. The molecule has 1 saturated heterocycles. The van der Waals surface area contributed by atoms with Crippen molar-refractivity contribution in [2.45, 2.75) is 88.3 Å². The number of epoxide rings is 1. The molecule has 2 aromatic heterocycles. The Morgan fingerprint density at radius 1 is 0.518 bits per heavy atom. The van der Waals surface area contributed by atoms with E-state index in [1.807, 2.05) is 24.3 Å². The van der Waals surface area contributed by atoms with E-state index in [-0.39, 0.29) is 12.1 Å². The van der Waals surface area contributed by atoms with Gasteiger partial charge in [-0.25, -0.2) is 0 Å². The highest BCUT2D eigenvalue weighted by molar-refractivity contribution is 6.08. The second-order valence-corrected chi connectivity index (χ2v) is 15.3. The lowest BCUT2D eigenvalue weighted by atomic mass is 9.89. The van der Waals surface area contributed by atoms with Gasteiger partial charge >= 0.3 is 0 Å². The molecule has 2 N–H and O–H groups in total. The van der Waals surface area contributed by atoms with E-state index in [2.05, 4.69) is 143 Å². The molecule has 6 nitrogen and oxygen atoms in total. The first-order chi connectivity index (χ1) is 27.7. The number of hydrogen-bond donors (Lipinski definition) is 2.